The summed E-state index contributed by atoms with van der Waals surface area (Å²) < 4.78 is 0. The van der Waals surface area contributed by atoms with Gasteiger partial charge in [-0.2, -0.15) is 0 Å². The van der Waals surface area contributed by atoms with Gasteiger partial charge in [-0.15, -0.1) is 0 Å². The smallest absolute Gasteiger partial charge is 0.247 e. The van der Waals surface area contributed by atoms with E-state index in [9.17, 15) is 0 Å². The Bertz CT molecular complexity index is 1770. The second-order valence-corrected chi connectivity index (χ2v) is 11.6. The molecule has 0 radical (unpaired) electrons. The molecule has 0 spiro atoms. The van der Waals surface area contributed by atoms with Crippen molar-refractivity contribution in [3.8, 4) is 0 Å². The third-order valence-electron chi connectivity index (χ3n) is 10.1. The van der Waals surface area contributed by atoms with E-state index in [0.717, 1.165) is 19.3 Å². The topological polar surface area (TPSA) is 3.24 Å². The first-order valence-electron chi connectivity index (χ1n) is 13.7. The van der Waals surface area contributed by atoms with Gasteiger partial charge in [-0.1, -0.05) is 95.9 Å². The molecular weight excluding hydrogens is 444 g/mol. The molecule has 0 atom stereocenters. The molecule has 5 aromatic carbocycles. The summed E-state index contributed by atoms with van der Waals surface area (Å²) in [5.41, 5.74) is 24.3. The SMILES string of the molecule is Cc1c2c3c4c5c1Cc1ccccc1B5c1cccc5c1N4c1c(cccc1B3c1ccccc1C2)C5. The van der Waals surface area contributed by atoms with E-state index in [0.29, 0.717) is 13.4 Å². The van der Waals surface area contributed by atoms with E-state index in [-0.39, 0.29) is 0 Å². The summed E-state index contributed by atoms with van der Waals surface area (Å²) in [6.07, 6.45) is 3.09. The monoisotopic (exact) mass is 467 g/mol. The molecule has 5 aromatic rings. The van der Waals surface area contributed by atoms with Crippen LogP contribution < -0.4 is 37.7 Å². The summed E-state index contributed by atoms with van der Waals surface area (Å²) in [5, 5.41) is 0. The van der Waals surface area contributed by atoms with E-state index >= 15 is 0 Å². The van der Waals surface area contributed by atoms with E-state index < -0.39 is 0 Å². The Morgan fingerprint density at radius 1 is 0.486 bits per heavy atom. The van der Waals surface area contributed by atoms with Crippen LogP contribution in [-0.4, -0.2) is 13.4 Å². The van der Waals surface area contributed by atoms with Crippen molar-refractivity contribution in [3.63, 3.8) is 0 Å². The number of hydrogen-bond donors (Lipinski definition) is 0. The van der Waals surface area contributed by atoms with E-state index in [1.807, 2.05) is 0 Å². The Labute approximate surface area is 217 Å². The van der Waals surface area contributed by atoms with Crippen LogP contribution in [0.4, 0.5) is 17.1 Å². The number of hydrogen-bond acceptors (Lipinski definition) is 1. The van der Waals surface area contributed by atoms with Crippen molar-refractivity contribution in [3.05, 3.63) is 124 Å². The third-order valence-corrected chi connectivity index (χ3v) is 10.1. The lowest BCUT2D eigenvalue weighted by Gasteiger charge is -2.51. The van der Waals surface area contributed by atoms with Crippen molar-refractivity contribution in [1.29, 1.82) is 0 Å². The van der Waals surface area contributed by atoms with Crippen molar-refractivity contribution in [2.45, 2.75) is 26.2 Å². The summed E-state index contributed by atoms with van der Waals surface area (Å²) in [7, 11) is 0. The van der Waals surface area contributed by atoms with Crippen LogP contribution in [0.2, 0.25) is 0 Å². The average molecular weight is 467 g/mol. The molecule has 0 saturated heterocycles. The molecular formula is C34H23B2N. The molecule has 0 fully saturated rings. The van der Waals surface area contributed by atoms with Crippen molar-refractivity contribution in [2.24, 2.45) is 0 Å². The van der Waals surface area contributed by atoms with Crippen LogP contribution in [0, 0.1) is 6.92 Å². The summed E-state index contributed by atoms with van der Waals surface area (Å²) in [5.74, 6) is 0. The molecule has 10 rings (SSSR count). The fraction of sp³-hybridized carbons (Fsp3) is 0.118. The summed E-state index contributed by atoms with van der Waals surface area (Å²) in [4.78, 5) is 2.73. The molecule has 0 aliphatic carbocycles. The largest absolute Gasteiger partial charge is 0.312 e. The van der Waals surface area contributed by atoms with Crippen LogP contribution in [0.25, 0.3) is 0 Å². The van der Waals surface area contributed by atoms with Crippen LogP contribution in [0.1, 0.15) is 38.9 Å². The first kappa shape index (κ1) is 19.2. The van der Waals surface area contributed by atoms with E-state index in [4.69, 9.17) is 0 Å². The Hall–Kier alpha value is -3.97. The van der Waals surface area contributed by atoms with Crippen LogP contribution in [0.5, 0.6) is 0 Å². The molecule has 170 valence electrons. The maximum absolute atomic E-state index is 2.73. The van der Waals surface area contributed by atoms with Crippen LogP contribution >= 0.6 is 0 Å². The zero-order valence-corrected chi connectivity index (χ0v) is 20.8. The fourth-order valence-electron chi connectivity index (χ4n) is 8.69. The molecule has 1 nitrogen and oxygen atoms in total. The zero-order chi connectivity index (χ0) is 24.0. The van der Waals surface area contributed by atoms with Gasteiger partial charge in [0, 0.05) is 23.5 Å². The molecule has 0 aromatic heterocycles. The highest BCUT2D eigenvalue weighted by Crippen LogP contribution is 2.47. The van der Waals surface area contributed by atoms with Crippen molar-refractivity contribution in [1.82, 2.24) is 0 Å². The van der Waals surface area contributed by atoms with Gasteiger partial charge >= 0.3 is 0 Å². The number of benzene rings is 5. The van der Waals surface area contributed by atoms with Gasteiger partial charge in [0.1, 0.15) is 0 Å². The number of rotatable bonds is 0. The Balaban J connectivity index is 1.44. The minimum Gasteiger partial charge on any atom is -0.312 e. The Morgan fingerprint density at radius 2 is 0.946 bits per heavy atom. The maximum atomic E-state index is 2.73. The molecule has 0 bridgehead atoms. The van der Waals surface area contributed by atoms with Crippen LogP contribution in [-0.2, 0) is 19.3 Å². The van der Waals surface area contributed by atoms with Gasteiger partial charge in [0.2, 0.25) is 13.4 Å². The van der Waals surface area contributed by atoms with Crippen LogP contribution in [0.15, 0.2) is 84.9 Å². The molecule has 0 unspecified atom stereocenters. The molecule has 37 heavy (non-hydrogen) atoms. The third kappa shape index (κ3) is 2.07. The molecule has 5 aliphatic rings. The predicted octanol–water partition coefficient (Wildman–Crippen LogP) is 2.84. The quantitative estimate of drug-likeness (QED) is 0.310. The summed E-state index contributed by atoms with van der Waals surface area (Å²) in [6.45, 7) is 3.05. The number of fused-ring (bicyclic) bond motifs is 6. The van der Waals surface area contributed by atoms with E-state index in [1.165, 1.54) is 66.7 Å². The Morgan fingerprint density at radius 3 is 1.49 bits per heavy atom. The van der Waals surface area contributed by atoms with Crippen molar-refractivity contribution in [2.75, 3.05) is 4.90 Å². The predicted molar refractivity (Wildman–Crippen MR) is 156 cm³/mol. The summed E-state index contributed by atoms with van der Waals surface area (Å²) >= 11 is 0. The molecule has 0 saturated carbocycles. The second kappa shape index (κ2) is 6.29. The first-order chi connectivity index (χ1) is 18.3. The number of para-hydroxylation sites is 2. The standard InChI is InChI=1S/C34H23B2N/c1-19-24-17-20-8-2-4-12-26(20)35-28-14-6-10-22-16-23-11-7-15-29-33(23)37(32(22)28)34(30(24)35)31-25(19)18-21-9-3-5-13-27(21)36(29)31/h2-15H,16-18H2,1H3. The minimum absolute atomic E-state index is 0.315. The number of nitrogens with zero attached hydrogens (tertiary/aromatic N) is 1. The maximum Gasteiger partial charge on any atom is 0.247 e. The Kier molecular flexibility index (Phi) is 3.26. The molecule has 5 aliphatic heterocycles. The average Bonchev–Trinajstić information content (AvgIpc) is 2.95. The molecule has 0 amide bonds. The summed E-state index contributed by atoms with van der Waals surface area (Å²) in [6, 6.07) is 32.7. The van der Waals surface area contributed by atoms with Crippen molar-refractivity contribution < 1.29 is 0 Å². The van der Waals surface area contributed by atoms with Gasteiger partial charge in [-0.05, 0) is 80.6 Å². The fourth-order valence-corrected chi connectivity index (χ4v) is 8.69. The van der Waals surface area contributed by atoms with Gasteiger partial charge in [0.15, 0.2) is 0 Å². The number of anilines is 3. The van der Waals surface area contributed by atoms with Gasteiger partial charge < -0.3 is 4.90 Å². The van der Waals surface area contributed by atoms with Gasteiger partial charge in [-0.3, -0.25) is 0 Å². The van der Waals surface area contributed by atoms with E-state index in [1.54, 1.807) is 22.1 Å². The lowest BCUT2D eigenvalue weighted by molar-refractivity contribution is 1.06. The highest BCUT2D eigenvalue weighted by atomic mass is 15.2. The minimum atomic E-state index is 0.315. The lowest BCUT2D eigenvalue weighted by Crippen LogP contribution is -2.69. The molecule has 5 heterocycles. The van der Waals surface area contributed by atoms with Gasteiger partial charge in [-0.25, -0.2) is 0 Å². The highest BCUT2D eigenvalue weighted by Gasteiger charge is 2.51. The normalized spacial score (nSPS) is 15.8. The van der Waals surface area contributed by atoms with Gasteiger partial charge in [0.25, 0.3) is 0 Å². The second-order valence-electron chi connectivity index (χ2n) is 11.6. The highest BCUT2D eigenvalue weighted by molar-refractivity contribution is 7.03. The van der Waals surface area contributed by atoms with E-state index in [2.05, 4.69) is 96.8 Å². The van der Waals surface area contributed by atoms with Gasteiger partial charge in [0.05, 0.1) is 0 Å². The lowest BCUT2D eigenvalue weighted by atomic mass is 9.26. The zero-order valence-electron chi connectivity index (χ0n) is 20.8. The van der Waals surface area contributed by atoms with Crippen molar-refractivity contribution >= 4 is 63.3 Å². The molecule has 0 N–H and O–H groups in total. The first-order valence-corrected chi connectivity index (χ1v) is 13.7. The van der Waals surface area contributed by atoms with Crippen LogP contribution in [0.3, 0.4) is 0 Å². The molecule has 3 heteroatoms.